The molecule has 0 unspecified atom stereocenters. The minimum atomic E-state index is -0.904. The molecule has 0 N–H and O–H groups in total. The number of halogens is 2. The van der Waals surface area contributed by atoms with Crippen LogP contribution in [0.15, 0.2) is 58.9 Å². The number of hydrogen-bond acceptors (Lipinski definition) is 5. The normalized spacial score (nSPS) is 22.4. The monoisotopic (exact) mass is 344 g/mol. The fourth-order valence-electron chi connectivity index (χ4n) is 2.81. The van der Waals surface area contributed by atoms with Crippen molar-refractivity contribution in [1.82, 2.24) is 0 Å². The Morgan fingerprint density at radius 2 is 1.54 bits per heavy atom. The van der Waals surface area contributed by atoms with E-state index in [1.165, 1.54) is 29.3 Å². The molecule has 0 radical (unpaired) electrons. The van der Waals surface area contributed by atoms with Gasteiger partial charge in [-0.2, -0.15) is 5.11 Å². The molecule has 2 aliphatic rings. The first-order valence-electron chi connectivity index (χ1n) is 7.15. The van der Waals surface area contributed by atoms with Gasteiger partial charge < -0.3 is 0 Å². The lowest BCUT2D eigenvalue weighted by Crippen LogP contribution is -2.39. The van der Waals surface area contributed by atoms with Gasteiger partial charge in [-0.3, -0.25) is 9.59 Å². The third kappa shape index (κ3) is 2.16. The van der Waals surface area contributed by atoms with Crippen molar-refractivity contribution in [3.8, 4) is 0 Å². The molecular formula is C16H10ClFN4O2. The number of benzene rings is 2. The van der Waals surface area contributed by atoms with E-state index in [-0.39, 0.29) is 0 Å². The summed E-state index contributed by atoms with van der Waals surface area (Å²) in [5.41, 5.74) is 0.921. The molecule has 2 aromatic carbocycles. The molecule has 24 heavy (non-hydrogen) atoms. The van der Waals surface area contributed by atoms with Crippen molar-refractivity contribution in [2.45, 2.75) is 12.1 Å². The molecule has 0 bridgehead atoms. The van der Waals surface area contributed by atoms with E-state index < -0.39 is 29.7 Å². The Labute approximate surface area is 141 Å². The second kappa shape index (κ2) is 5.38. The fraction of sp³-hybridized carbons (Fsp3) is 0.125. The third-order valence-electron chi connectivity index (χ3n) is 3.96. The lowest BCUT2D eigenvalue weighted by atomic mass is 10.1. The molecule has 2 heterocycles. The van der Waals surface area contributed by atoms with Crippen molar-refractivity contribution in [2.75, 3.05) is 9.91 Å². The average molecular weight is 345 g/mol. The van der Waals surface area contributed by atoms with Crippen LogP contribution in [0.4, 0.5) is 15.8 Å². The summed E-state index contributed by atoms with van der Waals surface area (Å²) < 4.78 is 13.1. The molecule has 6 nitrogen and oxygen atoms in total. The second-order valence-corrected chi connectivity index (χ2v) is 5.84. The van der Waals surface area contributed by atoms with Gasteiger partial charge in [0, 0.05) is 5.02 Å². The highest BCUT2D eigenvalue weighted by Crippen LogP contribution is 2.35. The van der Waals surface area contributed by atoms with Gasteiger partial charge in [0.1, 0.15) is 5.82 Å². The van der Waals surface area contributed by atoms with E-state index >= 15 is 0 Å². The molecule has 4 rings (SSSR count). The zero-order valence-corrected chi connectivity index (χ0v) is 12.9. The Morgan fingerprint density at radius 3 is 2.21 bits per heavy atom. The van der Waals surface area contributed by atoms with Gasteiger partial charge in [0.25, 0.3) is 11.8 Å². The van der Waals surface area contributed by atoms with Crippen molar-refractivity contribution in [2.24, 2.45) is 10.3 Å². The number of nitrogens with zero attached hydrogens (tertiary/aromatic N) is 4. The van der Waals surface area contributed by atoms with Crippen LogP contribution in [0.25, 0.3) is 0 Å². The van der Waals surface area contributed by atoms with Crippen molar-refractivity contribution >= 4 is 34.8 Å². The summed E-state index contributed by atoms with van der Waals surface area (Å²) in [4.78, 5) is 26.3. The smallest absolute Gasteiger partial charge is 0.263 e. The van der Waals surface area contributed by atoms with Crippen molar-refractivity contribution in [1.29, 1.82) is 0 Å². The maximum Gasteiger partial charge on any atom is 0.263 e. The van der Waals surface area contributed by atoms with Crippen LogP contribution < -0.4 is 9.91 Å². The molecule has 2 amide bonds. The van der Waals surface area contributed by atoms with Gasteiger partial charge in [0.05, 0.1) is 11.4 Å². The number of imide groups is 1. The molecule has 0 saturated carbocycles. The highest BCUT2D eigenvalue weighted by Gasteiger charge is 2.55. The molecule has 2 aromatic rings. The first-order chi connectivity index (χ1) is 11.6. The average Bonchev–Trinajstić information content (AvgIpc) is 3.11. The van der Waals surface area contributed by atoms with Crippen molar-refractivity contribution in [3.05, 3.63) is 59.4 Å². The Kier molecular flexibility index (Phi) is 3.31. The number of hydrogen-bond donors (Lipinski definition) is 0. The largest absolute Gasteiger partial charge is 0.271 e. The Bertz CT molecular complexity index is 853. The highest BCUT2D eigenvalue weighted by atomic mass is 35.5. The summed E-state index contributed by atoms with van der Waals surface area (Å²) in [5.74, 6) is -1.37. The topological polar surface area (TPSA) is 65.3 Å². The van der Waals surface area contributed by atoms with Crippen LogP contribution in [0.2, 0.25) is 5.02 Å². The molecular weight excluding hydrogens is 335 g/mol. The number of anilines is 2. The van der Waals surface area contributed by atoms with E-state index in [0.29, 0.717) is 16.4 Å². The van der Waals surface area contributed by atoms with E-state index in [4.69, 9.17) is 11.6 Å². The standard InChI is InChI=1S/C16H10ClFN4O2/c17-9-1-5-12(6-2-9)22-14-13(19-20-22)15(23)21(16(14)24)11-7-3-10(18)4-8-11/h1-8,13-14H/t13-,14-/m0/s1. The number of carbonyl (C=O) groups is 2. The SMILES string of the molecule is O=C1[C@H]2N=NN(c3ccc(Cl)cc3)[C@@H]2C(=O)N1c1ccc(F)cc1. The van der Waals surface area contributed by atoms with Gasteiger partial charge in [-0.1, -0.05) is 16.8 Å². The molecule has 2 aliphatic heterocycles. The van der Waals surface area contributed by atoms with Crippen molar-refractivity contribution in [3.63, 3.8) is 0 Å². The third-order valence-corrected chi connectivity index (χ3v) is 4.21. The van der Waals surface area contributed by atoms with E-state index in [1.807, 2.05) is 0 Å². The minimum absolute atomic E-state index is 0.312. The zero-order valence-electron chi connectivity index (χ0n) is 12.1. The summed E-state index contributed by atoms with van der Waals surface area (Å²) >= 11 is 5.86. The Morgan fingerprint density at radius 1 is 0.917 bits per heavy atom. The van der Waals surface area contributed by atoms with E-state index in [1.54, 1.807) is 24.3 Å². The van der Waals surface area contributed by atoms with E-state index in [2.05, 4.69) is 10.3 Å². The lowest BCUT2D eigenvalue weighted by molar-refractivity contribution is -0.121. The van der Waals surface area contributed by atoms with Gasteiger partial charge in [0.2, 0.25) is 0 Å². The van der Waals surface area contributed by atoms with Crippen LogP contribution in [-0.4, -0.2) is 23.9 Å². The number of fused-ring (bicyclic) bond motifs is 1. The summed E-state index contributed by atoms with van der Waals surface area (Å²) in [6.07, 6.45) is 0. The Hall–Kier alpha value is -2.80. The Balaban J connectivity index is 1.69. The minimum Gasteiger partial charge on any atom is -0.271 e. The maximum atomic E-state index is 13.1. The predicted octanol–water partition coefficient (Wildman–Crippen LogP) is 2.98. The van der Waals surface area contributed by atoms with Crippen LogP contribution in [0.3, 0.4) is 0 Å². The van der Waals surface area contributed by atoms with Crippen LogP contribution in [-0.2, 0) is 9.59 Å². The quantitative estimate of drug-likeness (QED) is 0.787. The first kappa shape index (κ1) is 14.8. The molecule has 2 atom stereocenters. The fourth-order valence-corrected chi connectivity index (χ4v) is 2.94. The van der Waals surface area contributed by atoms with Gasteiger partial charge in [0.15, 0.2) is 12.1 Å². The molecule has 0 aliphatic carbocycles. The van der Waals surface area contributed by atoms with E-state index in [0.717, 1.165) is 4.90 Å². The highest BCUT2D eigenvalue weighted by molar-refractivity contribution is 6.30. The van der Waals surface area contributed by atoms with Gasteiger partial charge in [-0.15, -0.1) is 0 Å². The first-order valence-corrected chi connectivity index (χ1v) is 7.53. The van der Waals surface area contributed by atoms with Crippen LogP contribution >= 0.6 is 11.6 Å². The zero-order chi connectivity index (χ0) is 16.8. The molecule has 1 saturated heterocycles. The maximum absolute atomic E-state index is 13.1. The molecule has 0 spiro atoms. The van der Waals surface area contributed by atoms with Crippen LogP contribution in [0.1, 0.15) is 0 Å². The van der Waals surface area contributed by atoms with Gasteiger partial charge >= 0.3 is 0 Å². The number of rotatable bonds is 2. The van der Waals surface area contributed by atoms with E-state index in [9.17, 15) is 14.0 Å². The van der Waals surface area contributed by atoms with Gasteiger partial charge in [-0.25, -0.2) is 14.3 Å². The summed E-state index contributed by atoms with van der Waals surface area (Å²) in [7, 11) is 0. The molecule has 120 valence electrons. The van der Waals surface area contributed by atoms with Crippen molar-refractivity contribution < 1.29 is 14.0 Å². The second-order valence-electron chi connectivity index (χ2n) is 5.40. The molecule has 1 fully saturated rings. The number of carbonyl (C=O) groups excluding carboxylic acids is 2. The molecule has 8 heteroatoms. The predicted molar refractivity (Wildman–Crippen MR) is 85.3 cm³/mol. The molecule has 0 aromatic heterocycles. The van der Waals surface area contributed by atoms with Gasteiger partial charge in [-0.05, 0) is 48.5 Å². The summed E-state index contributed by atoms with van der Waals surface area (Å²) in [6.45, 7) is 0. The van der Waals surface area contributed by atoms with Crippen LogP contribution in [0, 0.1) is 5.82 Å². The number of amides is 2. The van der Waals surface area contributed by atoms with Crippen LogP contribution in [0.5, 0.6) is 0 Å². The summed E-state index contributed by atoms with van der Waals surface area (Å²) in [6, 6.07) is 10.1. The summed E-state index contributed by atoms with van der Waals surface area (Å²) in [5, 5.41) is 9.84. The lowest BCUT2D eigenvalue weighted by Gasteiger charge is -2.20.